The molecule has 0 bridgehead atoms. The molecule has 3 rings (SSSR count). The summed E-state index contributed by atoms with van der Waals surface area (Å²) in [7, 11) is 0. The molecule has 0 N–H and O–H groups in total. The van der Waals surface area contributed by atoms with E-state index in [-0.39, 0.29) is 0 Å². The van der Waals surface area contributed by atoms with Crippen molar-refractivity contribution in [3.63, 3.8) is 0 Å². The van der Waals surface area contributed by atoms with Crippen molar-refractivity contribution in [3.05, 3.63) is 77.8 Å². The summed E-state index contributed by atoms with van der Waals surface area (Å²) in [6.45, 7) is 2.04. The minimum absolute atomic E-state index is 0.949. The van der Waals surface area contributed by atoms with Crippen LogP contribution in [0.4, 0.5) is 0 Å². The fraction of sp³-hybridized carbons (Fsp3) is 0.118. The molecule has 0 saturated carbocycles. The summed E-state index contributed by atoms with van der Waals surface area (Å²) >= 11 is 0. The van der Waals surface area contributed by atoms with E-state index in [4.69, 9.17) is 0 Å². The molecule has 0 unspecified atom stereocenters. The van der Waals surface area contributed by atoms with Crippen LogP contribution in [0.25, 0.3) is 11.7 Å². The number of fused-ring (bicyclic) bond motifs is 1. The maximum Gasteiger partial charge on any atom is 0.136 e. The normalized spacial score (nSPS) is 11.4. The first-order chi connectivity index (χ1) is 9.35. The summed E-state index contributed by atoms with van der Waals surface area (Å²) in [4.78, 5) is 4.25. The largest absolute Gasteiger partial charge is 0.307 e. The Morgan fingerprint density at radius 3 is 2.63 bits per heavy atom. The lowest BCUT2D eigenvalue weighted by Gasteiger charge is -2.04. The van der Waals surface area contributed by atoms with Gasteiger partial charge in [-0.2, -0.15) is 0 Å². The number of rotatable bonds is 3. The Labute approximate surface area is 113 Å². The minimum Gasteiger partial charge on any atom is -0.307 e. The summed E-state index contributed by atoms with van der Waals surface area (Å²) in [6.07, 6.45) is 11.1. The molecule has 0 radical (unpaired) electrons. The van der Waals surface area contributed by atoms with Crippen molar-refractivity contribution in [3.8, 4) is 0 Å². The Balaban J connectivity index is 1.83. The van der Waals surface area contributed by atoms with E-state index in [1.807, 2.05) is 19.3 Å². The van der Waals surface area contributed by atoms with Gasteiger partial charge in [-0.05, 0) is 36.1 Å². The maximum atomic E-state index is 4.25. The van der Waals surface area contributed by atoms with Crippen LogP contribution in [-0.2, 0) is 6.42 Å². The molecule has 0 fully saturated rings. The zero-order chi connectivity index (χ0) is 13.1. The summed E-state index contributed by atoms with van der Waals surface area (Å²) in [5, 5.41) is 0. The second-order valence-electron chi connectivity index (χ2n) is 4.65. The van der Waals surface area contributed by atoms with E-state index in [0.29, 0.717) is 0 Å². The van der Waals surface area contributed by atoms with Crippen molar-refractivity contribution in [1.82, 2.24) is 9.38 Å². The van der Waals surface area contributed by atoms with Crippen LogP contribution in [-0.4, -0.2) is 9.38 Å². The van der Waals surface area contributed by atoms with Crippen LogP contribution in [0, 0.1) is 0 Å². The van der Waals surface area contributed by atoms with E-state index in [1.54, 1.807) is 0 Å². The van der Waals surface area contributed by atoms with Gasteiger partial charge in [0.25, 0.3) is 0 Å². The van der Waals surface area contributed by atoms with E-state index in [0.717, 1.165) is 12.1 Å². The molecule has 0 aliphatic carbocycles. The number of imidazole rings is 1. The zero-order valence-corrected chi connectivity index (χ0v) is 11.0. The van der Waals surface area contributed by atoms with Crippen LogP contribution >= 0.6 is 0 Å². The van der Waals surface area contributed by atoms with E-state index in [2.05, 4.69) is 64.1 Å². The standard InChI is InChI=1S/C17H16N2/c1-2-3-14-4-6-15(7-5-14)12-16-8-9-17-18-10-11-19(17)13-16/h2-11,13H,12H2,1H3. The molecule has 2 heterocycles. The second kappa shape index (κ2) is 5.11. The lowest BCUT2D eigenvalue weighted by molar-refractivity contribution is 1.10. The van der Waals surface area contributed by atoms with Gasteiger partial charge < -0.3 is 4.40 Å². The van der Waals surface area contributed by atoms with Gasteiger partial charge in [-0.15, -0.1) is 0 Å². The zero-order valence-electron chi connectivity index (χ0n) is 11.0. The Bertz CT molecular complexity index is 705. The summed E-state index contributed by atoms with van der Waals surface area (Å²) in [5.41, 5.74) is 4.86. The molecule has 0 aliphatic rings. The Hall–Kier alpha value is -2.35. The van der Waals surface area contributed by atoms with E-state index < -0.39 is 0 Å². The maximum absolute atomic E-state index is 4.25. The topological polar surface area (TPSA) is 17.3 Å². The van der Waals surface area contributed by atoms with Crippen molar-refractivity contribution in [2.24, 2.45) is 0 Å². The molecule has 1 aromatic carbocycles. The average molecular weight is 248 g/mol. The molecule has 19 heavy (non-hydrogen) atoms. The number of pyridine rings is 1. The van der Waals surface area contributed by atoms with Crippen LogP contribution in [0.2, 0.25) is 0 Å². The predicted octanol–water partition coefficient (Wildman–Crippen LogP) is 3.96. The Kier molecular flexibility index (Phi) is 3.15. The number of hydrogen-bond acceptors (Lipinski definition) is 1. The first-order valence-corrected chi connectivity index (χ1v) is 6.48. The number of benzene rings is 1. The van der Waals surface area contributed by atoms with Crippen LogP contribution < -0.4 is 0 Å². The van der Waals surface area contributed by atoms with Gasteiger partial charge >= 0.3 is 0 Å². The molecule has 3 aromatic rings. The lowest BCUT2D eigenvalue weighted by Crippen LogP contribution is -1.92. The summed E-state index contributed by atoms with van der Waals surface area (Å²) < 4.78 is 2.06. The van der Waals surface area contributed by atoms with Gasteiger partial charge in [0.15, 0.2) is 0 Å². The predicted molar refractivity (Wildman–Crippen MR) is 79.1 cm³/mol. The van der Waals surface area contributed by atoms with E-state index in [1.165, 1.54) is 16.7 Å². The smallest absolute Gasteiger partial charge is 0.136 e. The third-order valence-electron chi connectivity index (χ3n) is 3.20. The van der Waals surface area contributed by atoms with Gasteiger partial charge in [-0.3, -0.25) is 0 Å². The highest BCUT2D eigenvalue weighted by atomic mass is 15.0. The quantitative estimate of drug-likeness (QED) is 0.686. The van der Waals surface area contributed by atoms with Crippen molar-refractivity contribution < 1.29 is 0 Å². The fourth-order valence-electron chi connectivity index (χ4n) is 2.25. The molecule has 0 atom stereocenters. The third-order valence-corrected chi connectivity index (χ3v) is 3.20. The Morgan fingerprint density at radius 1 is 1.05 bits per heavy atom. The first kappa shape index (κ1) is 11.7. The van der Waals surface area contributed by atoms with Crippen molar-refractivity contribution in [2.45, 2.75) is 13.3 Å². The minimum atomic E-state index is 0.949. The molecule has 0 aliphatic heterocycles. The van der Waals surface area contributed by atoms with Gasteiger partial charge in [0.05, 0.1) is 0 Å². The van der Waals surface area contributed by atoms with Crippen molar-refractivity contribution in [2.75, 3.05) is 0 Å². The van der Waals surface area contributed by atoms with Gasteiger partial charge in [0.1, 0.15) is 5.65 Å². The van der Waals surface area contributed by atoms with Crippen LogP contribution in [0.15, 0.2) is 61.1 Å². The van der Waals surface area contributed by atoms with Crippen LogP contribution in [0.3, 0.4) is 0 Å². The molecular weight excluding hydrogens is 232 g/mol. The molecule has 0 spiro atoms. The molecule has 2 heteroatoms. The summed E-state index contributed by atoms with van der Waals surface area (Å²) in [5.74, 6) is 0. The summed E-state index contributed by atoms with van der Waals surface area (Å²) in [6, 6.07) is 12.9. The third kappa shape index (κ3) is 2.58. The van der Waals surface area contributed by atoms with Crippen molar-refractivity contribution in [1.29, 1.82) is 0 Å². The molecule has 0 saturated heterocycles. The van der Waals surface area contributed by atoms with Crippen molar-refractivity contribution >= 4 is 11.7 Å². The van der Waals surface area contributed by atoms with Gasteiger partial charge in [0.2, 0.25) is 0 Å². The second-order valence-corrected chi connectivity index (χ2v) is 4.65. The highest BCUT2D eigenvalue weighted by Crippen LogP contribution is 2.13. The van der Waals surface area contributed by atoms with Gasteiger partial charge in [0, 0.05) is 18.6 Å². The average Bonchev–Trinajstić information content (AvgIpc) is 2.89. The molecule has 2 nitrogen and oxygen atoms in total. The number of allylic oxidation sites excluding steroid dienone is 1. The molecule has 94 valence electrons. The molecule has 2 aromatic heterocycles. The monoisotopic (exact) mass is 248 g/mol. The highest BCUT2D eigenvalue weighted by molar-refractivity contribution is 5.49. The number of hydrogen-bond donors (Lipinski definition) is 0. The number of aromatic nitrogens is 2. The molecular formula is C17H16N2. The highest BCUT2D eigenvalue weighted by Gasteiger charge is 1.99. The number of nitrogens with zero attached hydrogens (tertiary/aromatic N) is 2. The van der Waals surface area contributed by atoms with Gasteiger partial charge in [-0.1, -0.05) is 42.5 Å². The first-order valence-electron chi connectivity index (χ1n) is 6.48. The SMILES string of the molecule is CC=Cc1ccc(Cc2ccc3nccn3c2)cc1. The Morgan fingerprint density at radius 2 is 1.84 bits per heavy atom. The van der Waals surface area contributed by atoms with Crippen LogP contribution in [0.5, 0.6) is 0 Å². The fourth-order valence-corrected chi connectivity index (χ4v) is 2.25. The van der Waals surface area contributed by atoms with E-state index in [9.17, 15) is 0 Å². The van der Waals surface area contributed by atoms with E-state index >= 15 is 0 Å². The van der Waals surface area contributed by atoms with Crippen LogP contribution in [0.1, 0.15) is 23.6 Å². The van der Waals surface area contributed by atoms with Gasteiger partial charge in [-0.25, -0.2) is 4.98 Å². The lowest BCUT2D eigenvalue weighted by atomic mass is 10.0. The molecule has 0 amide bonds.